The number of carbonyl (C=O) groups excluding carboxylic acids is 1. The van der Waals surface area contributed by atoms with E-state index in [4.69, 9.17) is 5.11 Å². The number of aliphatic carboxylic acids is 1. The van der Waals surface area contributed by atoms with E-state index in [1.165, 1.54) is 23.6 Å². The number of anilines is 1. The van der Waals surface area contributed by atoms with Crippen LogP contribution in [0.4, 0.5) is 5.13 Å². The van der Waals surface area contributed by atoms with Gasteiger partial charge in [0.1, 0.15) is 5.56 Å². The van der Waals surface area contributed by atoms with E-state index in [2.05, 4.69) is 15.3 Å². The zero-order valence-electron chi connectivity index (χ0n) is 10.3. The Bertz CT molecular complexity index is 692. The van der Waals surface area contributed by atoms with Crippen molar-refractivity contribution in [1.82, 2.24) is 9.97 Å². The van der Waals surface area contributed by atoms with Crippen molar-refractivity contribution < 1.29 is 14.7 Å². The summed E-state index contributed by atoms with van der Waals surface area (Å²) >= 11 is 1.18. The molecule has 0 saturated heterocycles. The molecule has 0 bridgehead atoms. The number of aromatic amines is 1. The molecule has 0 spiro atoms. The van der Waals surface area contributed by atoms with Crippen LogP contribution in [-0.2, 0) is 11.2 Å². The Kier molecular flexibility index (Phi) is 4.26. The monoisotopic (exact) mass is 293 g/mol. The number of aryl methyl sites for hydroxylation is 1. The van der Waals surface area contributed by atoms with Gasteiger partial charge in [0, 0.05) is 18.0 Å². The highest BCUT2D eigenvalue weighted by atomic mass is 32.1. The smallest absolute Gasteiger partial charge is 0.303 e. The van der Waals surface area contributed by atoms with Crippen molar-refractivity contribution in [2.45, 2.75) is 12.8 Å². The topological polar surface area (TPSA) is 112 Å². The van der Waals surface area contributed by atoms with Crippen molar-refractivity contribution in [2.24, 2.45) is 0 Å². The summed E-state index contributed by atoms with van der Waals surface area (Å²) in [5, 5.41) is 13.1. The Balaban J connectivity index is 2.04. The number of rotatable bonds is 5. The normalized spacial score (nSPS) is 10.2. The summed E-state index contributed by atoms with van der Waals surface area (Å²) < 4.78 is 0. The van der Waals surface area contributed by atoms with Crippen molar-refractivity contribution in [3.63, 3.8) is 0 Å². The summed E-state index contributed by atoms with van der Waals surface area (Å²) in [5.74, 6) is -1.45. The van der Waals surface area contributed by atoms with Crippen LogP contribution in [0.2, 0.25) is 0 Å². The number of carboxylic acids is 1. The molecule has 1 amide bonds. The SMILES string of the molecule is O=C(O)CCc1csc(NC(=O)c2ccc[nH]c2=O)n1. The maximum absolute atomic E-state index is 11.9. The molecule has 0 aliphatic rings. The highest BCUT2D eigenvalue weighted by Crippen LogP contribution is 2.17. The number of hydrogen-bond acceptors (Lipinski definition) is 5. The number of H-pyrrole nitrogens is 1. The summed E-state index contributed by atoms with van der Waals surface area (Å²) in [6.45, 7) is 0. The van der Waals surface area contributed by atoms with Gasteiger partial charge >= 0.3 is 5.97 Å². The Morgan fingerprint density at radius 3 is 2.95 bits per heavy atom. The first-order chi connectivity index (χ1) is 9.56. The van der Waals surface area contributed by atoms with Crippen LogP contribution in [0.5, 0.6) is 0 Å². The number of nitrogens with zero attached hydrogens (tertiary/aromatic N) is 1. The average Bonchev–Trinajstić information content (AvgIpc) is 2.84. The van der Waals surface area contributed by atoms with Crippen molar-refractivity contribution in [3.8, 4) is 0 Å². The molecule has 0 fully saturated rings. The van der Waals surface area contributed by atoms with E-state index in [9.17, 15) is 14.4 Å². The minimum Gasteiger partial charge on any atom is -0.481 e. The van der Waals surface area contributed by atoms with Gasteiger partial charge in [-0.2, -0.15) is 0 Å². The number of carbonyl (C=O) groups is 2. The minimum atomic E-state index is -0.903. The fourth-order valence-corrected chi connectivity index (χ4v) is 2.22. The van der Waals surface area contributed by atoms with E-state index in [-0.39, 0.29) is 12.0 Å². The summed E-state index contributed by atoms with van der Waals surface area (Å²) in [6.07, 6.45) is 1.72. The Labute approximate surface area is 117 Å². The van der Waals surface area contributed by atoms with Crippen molar-refractivity contribution >= 4 is 28.3 Å². The lowest BCUT2D eigenvalue weighted by Crippen LogP contribution is -2.22. The third-order valence-electron chi connectivity index (χ3n) is 2.43. The first kappa shape index (κ1) is 13.9. The van der Waals surface area contributed by atoms with Gasteiger partial charge in [-0.3, -0.25) is 19.7 Å². The van der Waals surface area contributed by atoms with E-state index in [0.717, 1.165) is 0 Å². The number of thiazole rings is 1. The molecule has 7 nitrogen and oxygen atoms in total. The van der Waals surface area contributed by atoms with Crippen LogP contribution < -0.4 is 10.9 Å². The lowest BCUT2D eigenvalue weighted by atomic mass is 10.2. The molecule has 0 radical (unpaired) electrons. The molecule has 0 saturated carbocycles. The maximum atomic E-state index is 11.9. The number of amides is 1. The Morgan fingerprint density at radius 1 is 1.45 bits per heavy atom. The van der Waals surface area contributed by atoms with E-state index in [1.807, 2.05) is 0 Å². The van der Waals surface area contributed by atoms with Gasteiger partial charge in [0.2, 0.25) is 0 Å². The van der Waals surface area contributed by atoms with Crippen molar-refractivity contribution in [1.29, 1.82) is 0 Å². The van der Waals surface area contributed by atoms with E-state index >= 15 is 0 Å². The second kappa shape index (κ2) is 6.11. The quantitative estimate of drug-likeness (QED) is 0.764. The molecule has 3 N–H and O–H groups in total. The minimum absolute atomic E-state index is 0.00483. The fraction of sp³-hybridized carbons (Fsp3) is 0.167. The van der Waals surface area contributed by atoms with Crippen LogP contribution in [0, 0.1) is 0 Å². The lowest BCUT2D eigenvalue weighted by Gasteiger charge is -1.99. The maximum Gasteiger partial charge on any atom is 0.303 e. The van der Waals surface area contributed by atoms with Crippen molar-refractivity contribution in [2.75, 3.05) is 5.32 Å². The molecule has 104 valence electrons. The van der Waals surface area contributed by atoms with Crippen LogP contribution in [-0.4, -0.2) is 27.0 Å². The van der Waals surface area contributed by atoms with Crippen LogP contribution in [0.3, 0.4) is 0 Å². The van der Waals surface area contributed by atoms with Crippen LogP contribution in [0.15, 0.2) is 28.5 Å². The Morgan fingerprint density at radius 2 is 2.25 bits per heavy atom. The molecule has 2 heterocycles. The molecule has 2 rings (SSSR count). The van der Waals surface area contributed by atoms with E-state index in [1.54, 1.807) is 11.4 Å². The van der Waals surface area contributed by atoms with Gasteiger partial charge in [0.05, 0.1) is 12.1 Å². The average molecular weight is 293 g/mol. The predicted molar refractivity (Wildman–Crippen MR) is 73.1 cm³/mol. The number of nitrogens with one attached hydrogen (secondary N) is 2. The summed E-state index contributed by atoms with van der Waals surface area (Å²) in [7, 11) is 0. The molecule has 2 aromatic rings. The molecule has 0 aromatic carbocycles. The summed E-state index contributed by atoms with van der Waals surface area (Å²) in [5.41, 5.74) is 0.108. The summed E-state index contributed by atoms with van der Waals surface area (Å²) in [4.78, 5) is 40.2. The second-order valence-electron chi connectivity index (χ2n) is 3.90. The van der Waals surface area contributed by atoms with E-state index in [0.29, 0.717) is 17.2 Å². The van der Waals surface area contributed by atoms with Gasteiger partial charge in [-0.1, -0.05) is 0 Å². The predicted octanol–water partition coefficient (Wildman–Crippen LogP) is 1.10. The molecule has 8 heteroatoms. The van der Waals surface area contributed by atoms with Crippen molar-refractivity contribution in [3.05, 3.63) is 45.3 Å². The number of aromatic nitrogens is 2. The largest absolute Gasteiger partial charge is 0.481 e. The Hall–Kier alpha value is -2.48. The molecule has 0 aliphatic carbocycles. The van der Waals surface area contributed by atoms with Crippen LogP contribution >= 0.6 is 11.3 Å². The molecular weight excluding hydrogens is 282 g/mol. The first-order valence-corrected chi connectivity index (χ1v) is 6.59. The molecule has 0 unspecified atom stereocenters. The molecule has 20 heavy (non-hydrogen) atoms. The van der Waals surface area contributed by atoms with Gasteiger partial charge in [0.15, 0.2) is 5.13 Å². The van der Waals surface area contributed by atoms with Gasteiger partial charge in [-0.25, -0.2) is 4.98 Å². The molecule has 2 aromatic heterocycles. The van der Waals surface area contributed by atoms with Gasteiger partial charge in [-0.15, -0.1) is 11.3 Å². The molecular formula is C12H11N3O4S. The van der Waals surface area contributed by atoms with Crippen LogP contribution in [0.25, 0.3) is 0 Å². The molecule has 0 atom stereocenters. The number of pyridine rings is 1. The fourth-order valence-electron chi connectivity index (χ4n) is 1.48. The van der Waals surface area contributed by atoms with Gasteiger partial charge in [0.25, 0.3) is 11.5 Å². The summed E-state index contributed by atoms with van der Waals surface area (Å²) in [6, 6.07) is 2.96. The standard InChI is InChI=1S/C12H11N3O4S/c16-9(17)4-3-7-6-20-12(14-7)15-11(19)8-2-1-5-13-10(8)18/h1-2,5-6H,3-4H2,(H,13,18)(H,16,17)(H,14,15,19). The third kappa shape index (κ3) is 3.51. The highest BCUT2D eigenvalue weighted by molar-refractivity contribution is 7.13. The van der Waals surface area contributed by atoms with Gasteiger partial charge < -0.3 is 10.1 Å². The van der Waals surface area contributed by atoms with Crippen LogP contribution in [0.1, 0.15) is 22.5 Å². The molecule has 0 aliphatic heterocycles. The zero-order chi connectivity index (χ0) is 14.5. The number of hydrogen-bond donors (Lipinski definition) is 3. The second-order valence-corrected chi connectivity index (χ2v) is 4.76. The highest BCUT2D eigenvalue weighted by Gasteiger charge is 2.12. The van der Waals surface area contributed by atoms with Gasteiger partial charge in [-0.05, 0) is 12.1 Å². The van der Waals surface area contributed by atoms with E-state index < -0.39 is 17.4 Å². The lowest BCUT2D eigenvalue weighted by molar-refractivity contribution is -0.136. The first-order valence-electron chi connectivity index (χ1n) is 5.71. The third-order valence-corrected chi connectivity index (χ3v) is 3.24. The number of carboxylic acid groups (broad SMARTS) is 1. The zero-order valence-corrected chi connectivity index (χ0v) is 11.1.